The zero-order valence-electron chi connectivity index (χ0n) is 21.6. The molecule has 0 spiro atoms. The van der Waals surface area contributed by atoms with Gasteiger partial charge in [0.1, 0.15) is 11.8 Å². The van der Waals surface area contributed by atoms with Gasteiger partial charge in [0, 0.05) is 6.20 Å². The van der Waals surface area contributed by atoms with Gasteiger partial charge in [-0.3, -0.25) is 4.98 Å². The number of hydrogen-bond donors (Lipinski definition) is 1. The molecule has 0 bridgehead atoms. The second-order valence-corrected chi connectivity index (χ2v) is 15.4. The van der Waals surface area contributed by atoms with E-state index in [1.165, 1.54) is 36.7 Å². The van der Waals surface area contributed by atoms with Gasteiger partial charge >= 0.3 is 5.97 Å². The molecule has 1 atom stereocenters. The first-order valence-corrected chi connectivity index (χ1v) is 15.3. The van der Waals surface area contributed by atoms with Crippen molar-refractivity contribution < 1.29 is 18.7 Å². The lowest BCUT2D eigenvalue weighted by molar-refractivity contribution is 0.0696. The van der Waals surface area contributed by atoms with Crippen molar-refractivity contribution >= 4 is 14.3 Å². The van der Waals surface area contributed by atoms with E-state index in [1.807, 2.05) is 0 Å². The van der Waals surface area contributed by atoms with E-state index in [0.29, 0.717) is 17.3 Å². The number of carboxylic acids is 1. The average Bonchev–Trinajstić information content (AvgIpc) is 3.31. The van der Waals surface area contributed by atoms with Gasteiger partial charge in [0.05, 0.1) is 11.8 Å². The van der Waals surface area contributed by atoms with Crippen LogP contribution >= 0.6 is 0 Å². The highest BCUT2D eigenvalue weighted by Gasteiger charge is 2.40. The van der Waals surface area contributed by atoms with Crippen LogP contribution in [0.15, 0.2) is 59.3 Å². The molecule has 2 aromatic heterocycles. The molecule has 1 unspecified atom stereocenters. The average molecular weight is 495 g/mol. The fourth-order valence-corrected chi connectivity index (χ4v) is 4.96. The number of aromatic carboxylic acids is 1. The van der Waals surface area contributed by atoms with E-state index in [1.54, 1.807) is 6.20 Å². The Bertz CT molecular complexity index is 1090. The minimum absolute atomic E-state index is 0.0632. The molecule has 2 heterocycles. The molecule has 0 saturated heterocycles. The van der Waals surface area contributed by atoms with Crippen LogP contribution in [0.3, 0.4) is 0 Å². The van der Waals surface area contributed by atoms with Crippen molar-refractivity contribution in [3.8, 4) is 11.5 Å². The third kappa shape index (κ3) is 7.60. The zero-order chi connectivity index (χ0) is 25.5. The Hall–Kier alpha value is -2.77. The van der Waals surface area contributed by atoms with Crippen LogP contribution in [-0.2, 0) is 10.8 Å². The summed E-state index contributed by atoms with van der Waals surface area (Å²) >= 11 is 0. The fourth-order valence-electron chi connectivity index (χ4n) is 3.68. The predicted octanol–water partition coefficient (Wildman–Crippen LogP) is 7.69. The third-order valence-corrected chi connectivity index (χ3v) is 11.3. The molecule has 0 fully saturated rings. The molecule has 6 nitrogen and oxygen atoms in total. The number of carboxylic acid groups (broad SMARTS) is 1. The smallest absolute Gasteiger partial charge is 0.335 e. The summed E-state index contributed by atoms with van der Waals surface area (Å²) in [6, 6.07) is 13.6. The first-order valence-electron chi connectivity index (χ1n) is 12.4. The number of rotatable bonds is 12. The monoisotopic (exact) mass is 494 g/mol. The van der Waals surface area contributed by atoms with Crippen LogP contribution in [0.2, 0.25) is 18.1 Å². The molecular formula is C28H38N2O4Si. The Morgan fingerprint density at radius 2 is 1.77 bits per heavy atom. The Labute approximate surface area is 209 Å². The van der Waals surface area contributed by atoms with Crippen LogP contribution in [0.25, 0.3) is 11.5 Å². The lowest BCUT2D eigenvalue weighted by Crippen LogP contribution is -2.41. The molecule has 0 saturated carbocycles. The minimum atomic E-state index is -2.06. The minimum Gasteiger partial charge on any atom is -0.478 e. The summed E-state index contributed by atoms with van der Waals surface area (Å²) in [5.74, 6) is -0.00813. The molecule has 188 valence electrons. The van der Waals surface area contributed by atoms with Crippen LogP contribution in [0.5, 0.6) is 0 Å². The van der Waals surface area contributed by atoms with Gasteiger partial charge in [-0.1, -0.05) is 70.4 Å². The summed E-state index contributed by atoms with van der Waals surface area (Å²) in [5, 5.41) is 9.35. The Morgan fingerprint density at radius 3 is 2.46 bits per heavy atom. The molecule has 3 aromatic rings. The molecule has 1 N–H and O–H groups in total. The number of pyridine rings is 1. The lowest BCUT2D eigenvalue weighted by atomic mass is 10.0. The van der Waals surface area contributed by atoms with E-state index >= 15 is 0 Å². The first-order chi connectivity index (χ1) is 16.6. The first kappa shape index (κ1) is 26.8. The molecule has 1 aromatic carbocycles. The summed E-state index contributed by atoms with van der Waals surface area (Å²) < 4.78 is 12.8. The number of aryl methyl sites for hydroxylation is 1. The van der Waals surface area contributed by atoms with Gasteiger partial charge in [0.15, 0.2) is 14.1 Å². The summed E-state index contributed by atoms with van der Waals surface area (Å²) in [4.78, 5) is 20.1. The third-order valence-electron chi connectivity index (χ3n) is 6.83. The number of carbonyl (C=O) groups is 1. The number of aromatic nitrogens is 2. The second kappa shape index (κ2) is 11.8. The molecule has 35 heavy (non-hydrogen) atoms. The Balaban J connectivity index is 1.67. The highest BCUT2D eigenvalue weighted by atomic mass is 28.4. The van der Waals surface area contributed by atoms with E-state index in [-0.39, 0.29) is 16.7 Å². The Kier molecular flexibility index (Phi) is 9.02. The summed E-state index contributed by atoms with van der Waals surface area (Å²) in [5.41, 5.74) is 2.01. The van der Waals surface area contributed by atoms with E-state index in [0.717, 1.165) is 25.7 Å². The molecule has 3 rings (SSSR count). The maximum atomic E-state index is 11.3. The van der Waals surface area contributed by atoms with Crippen LogP contribution in [0.1, 0.15) is 80.8 Å². The molecular weight excluding hydrogens is 456 g/mol. The molecule has 0 amide bonds. The SMILES string of the molecule is CC(C)(C)[Si](C)(C)OC(CCCCCCc1ccccc1)c1ncc(-c2cc(C(=O)O)ccn2)o1. The van der Waals surface area contributed by atoms with Crippen molar-refractivity contribution in [2.75, 3.05) is 0 Å². The van der Waals surface area contributed by atoms with E-state index in [4.69, 9.17) is 8.84 Å². The van der Waals surface area contributed by atoms with Crippen molar-refractivity contribution in [3.63, 3.8) is 0 Å². The second-order valence-electron chi connectivity index (χ2n) is 10.6. The van der Waals surface area contributed by atoms with Crippen LogP contribution in [0.4, 0.5) is 0 Å². The van der Waals surface area contributed by atoms with Gasteiger partial charge in [0.25, 0.3) is 0 Å². The highest BCUT2D eigenvalue weighted by Crippen LogP contribution is 2.41. The number of benzene rings is 1. The fraction of sp³-hybridized carbons (Fsp3) is 0.464. The predicted molar refractivity (Wildman–Crippen MR) is 141 cm³/mol. The number of oxazole rings is 1. The van der Waals surface area contributed by atoms with Crippen molar-refractivity contribution in [3.05, 3.63) is 71.9 Å². The quantitative estimate of drug-likeness (QED) is 0.205. The zero-order valence-corrected chi connectivity index (χ0v) is 22.6. The summed E-state index contributed by atoms with van der Waals surface area (Å²) in [7, 11) is -2.06. The summed E-state index contributed by atoms with van der Waals surface area (Å²) in [6.07, 6.45) is 9.29. The number of unbranched alkanes of at least 4 members (excludes halogenated alkanes) is 3. The number of hydrogen-bond acceptors (Lipinski definition) is 5. The lowest BCUT2D eigenvalue weighted by Gasteiger charge is -2.38. The molecule has 0 radical (unpaired) electrons. The van der Waals surface area contributed by atoms with Gasteiger partial charge in [-0.2, -0.15) is 0 Å². The van der Waals surface area contributed by atoms with Gasteiger partial charge < -0.3 is 13.9 Å². The maximum absolute atomic E-state index is 11.3. The van der Waals surface area contributed by atoms with Crippen molar-refractivity contribution in [2.45, 2.75) is 83.5 Å². The molecule has 0 aliphatic heterocycles. The van der Waals surface area contributed by atoms with E-state index in [9.17, 15) is 9.90 Å². The van der Waals surface area contributed by atoms with Gasteiger partial charge in [-0.15, -0.1) is 0 Å². The van der Waals surface area contributed by atoms with Crippen molar-refractivity contribution in [1.29, 1.82) is 0 Å². The largest absolute Gasteiger partial charge is 0.478 e. The topological polar surface area (TPSA) is 85.5 Å². The van der Waals surface area contributed by atoms with E-state index in [2.05, 4.69) is 74.2 Å². The van der Waals surface area contributed by atoms with Crippen LogP contribution in [-0.4, -0.2) is 29.4 Å². The van der Waals surface area contributed by atoms with Crippen LogP contribution in [0, 0.1) is 0 Å². The van der Waals surface area contributed by atoms with Crippen LogP contribution < -0.4 is 0 Å². The van der Waals surface area contributed by atoms with Gasteiger partial charge in [0.2, 0.25) is 5.89 Å². The standard InChI is InChI=1S/C28H38N2O4Si/c1-28(2,3)35(4,5)34-24(16-12-7-6-9-13-21-14-10-8-11-15-21)26-30-20-25(33-26)23-19-22(27(31)32)17-18-29-23/h8,10-11,14-15,17-20,24H,6-7,9,12-13,16H2,1-5H3,(H,31,32). The highest BCUT2D eigenvalue weighted by molar-refractivity contribution is 6.74. The molecule has 0 aliphatic rings. The van der Waals surface area contributed by atoms with E-state index < -0.39 is 14.3 Å². The maximum Gasteiger partial charge on any atom is 0.335 e. The van der Waals surface area contributed by atoms with Gasteiger partial charge in [-0.05, 0) is 55.1 Å². The Morgan fingerprint density at radius 1 is 1.06 bits per heavy atom. The van der Waals surface area contributed by atoms with Crippen molar-refractivity contribution in [2.24, 2.45) is 0 Å². The molecule has 7 heteroatoms. The normalized spacial score (nSPS) is 13.1. The molecule has 0 aliphatic carbocycles. The summed E-state index contributed by atoms with van der Waals surface area (Å²) in [6.45, 7) is 11.1. The number of nitrogens with zero attached hydrogens (tertiary/aromatic N) is 2. The van der Waals surface area contributed by atoms with Crippen molar-refractivity contribution in [1.82, 2.24) is 9.97 Å². The van der Waals surface area contributed by atoms with Gasteiger partial charge in [-0.25, -0.2) is 9.78 Å².